The van der Waals surface area contributed by atoms with Gasteiger partial charge in [-0.25, -0.2) is 9.59 Å². The molecular weight excluding hydrogens is 361 g/mol. The average molecular weight is 378 g/mol. The zero-order chi connectivity index (χ0) is 19.6. The van der Waals surface area contributed by atoms with Gasteiger partial charge < -0.3 is 24.5 Å². The molecule has 2 N–H and O–H groups in total. The summed E-state index contributed by atoms with van der Waals surface area (Å²) in [5.41, 5.74) is 0.168. The van der Waals surface area contributed by atoms with E-state index in [2.05, 4.69) is 10.1 Å². The molecule has 1 aromatic rings. The Bertz CT molecular complexity index is 715. The van der Waals surface area contributed by atoms with E-state index in [1.807, 2.05) is 0 Å². The van der Waals surface area contributed by atoms with Gasteiger partial charge >= 0.3 is 24.1 Å². The summed E-state index contributed by atoms with van der Waals surface area (Å²) in [7, 11) is 1.19. The molecule has 0 unspecified atom stereocenters. The number of halogens is 3. The number of furan rings is 1. The number of carbonyl (C=O) groups is 3. The number of aliphatic carboxylic acids is 1. The smallest absolute Gasteiger partial charge is 0.394 e. The molecule has 0 saturated carbocycles. The van der Waals surface area contributed by atoms with Gasteiger partial charge in [-0.15, -0.1) is 0 Å². The average Bonchev–Trinajstić information content (AvgIpc) is 3.15. The van der Waals surface area contributed by atoms with Gasteiger partial charge in [0.05, 0.1) is 25.5 Å². The van der Waals surface area contributed by atoms with Gasteiger partial charge in [0.15, 0.2) is 0 Å². The molecular formula is C15H17F3N2O6. The summed E-state index contributed by atoms with van der Waals surface area (Å²) in [6.45, 7) is 0.0534. The second-order valence-corrected chi connectivity index (χ2v) is 5.83. The first kappa shape index (κ1) is 19.6. The van der Waals surface area contributed by atoms with Crippen LogP contribution in [0.25, 0.3) is 0 Å². The standard InChI is InChI=1S/C15H17F3N2O6/c1-7-9(13(23)25-2)3-8(26-7)4-19-14(24)20-5-10(12(21)22)11(6-20)15(16,17)18/h3,10-11H,4-6H2,1-2H3,(H,19,24)(H,21,22)/t10-,11-/m1/s1. The van der Waals surface area contributed by atoms with E-state index < -0.39 is 49.1 Å². The number of aryl methyl sites for hydroxylation is 1. The van der Waals surface area contributed by atoms with Crippen LogP contribution in [0.5, 0.6) is 0 Å². The van der Waals surface area contributed by atoms with Crippen LogP contribution in [0.2, 0.25) is 0 Å². The molecule has 144 valence electrons. The number of hydrogen-bond acceptors (Lipinski definition) is 5. The molecule has 0 radical (unpaired) electrons. The quantitative estimate of drug-likeness (QED) is 0.773. The normalized spacial score (nSPS) is 20.1. The van der Waals surface area contributed by atoms with Gasteiger partial charge in [-0.2, -0.15) is 13.2 Å². The first-order valence-electron chi connectivity index (χ1n) is 7.54. The van der Waals surface area contributed by atoms with E-state index in [1.54, 1.807) is 0 Å². The predicted octanol–water partition coefficient (Wildman–Crippen LogP) is 1.78. The molecule has 11 heteroatoms. The van der Waals surface area contributed by atoms with E-state index >= 15 is 0 Å². The Morgan fingerprint density at radius 3 is 2.54 bits per heavy atom. The molecule has 26 heavy (non-hydrogen) atoms. The first-order valence-corrected chi connectivity index (χ1v) is 7.54. The SMILES string of the molecule is COC(=O)c1cc(CNC(=O)N2C[C@@H](C(F)(F)F)[C@H](C(=O)O)C2)oc1C. The van der Waals surface area contributed by atoms with Crippen molar-refractivity contribution in [1.29, 1.82) is 0 Å². The molecule has 1 saturated heterocycles. The minimum absolute atomic E-state index is 0.168. The highest BCUT2D eigenvalue weighted by atomic mass is 19.4. The maximum Gasteiger partial charge on any atom is 0.394 e. The van der Waals surface area contributed by atoms with Crippen molar-refractivity contribution >= 4 is 18.0 Å². The third-order valence-corrected chi connectivity index (χ3v) is 4.13. The molecule has 0 aromatic carbocycles. The fourth-order valence-corrected chi connectivity index (χ4v) is 2.77. The number of urea groups is 1. The largest absolute Gasteiger partial charge is 0.481 e. The van der Waals surface area contributed by atoms with Gasteiger partial charge in [0.1, 0.15) is 17.1 Å². The third kappa shape index (κ3) is 4.09. The van der Waals surface area contributed by atoms with Crippen LogP contribution in [0.4, 0.5) is 18.0 Å². The van der Waals surface area contributed by atoms with E-state index in [-0.39, 0.29) is 23.6 Å². The number of likely N-dealkylation sites (tertiary alicyclic amines) is 1. The molecule has 1 fully saturated rings. The number of carboxylic acids is 1. The maximum absolute atomic E-state index is 12.9. The summed E-state index contributed by atoms with van der Waals surface area (Å²) in [5.74, 6) is -5.59. The van der Waals surface area contributed by atoms with E-state index in [9.17, 15) is 27.6 Å². The number of alkyl halides is 3. The van der Waals surface area contributed by atoms with Crippen molar-refractivity contribution in [2.45, 2.75) is 19.6 Å². The molecule has 2 rings (SSSR count). The van der Waals surface area contributed by atoms with Crippen LogP contribution in [0.1, 0.15) is 21.9 Å². The summed E-state index contributed by atoms with van der Waals surface area (Å²) in [6.07, 6.45) is -4.72. The van der Waals surface area contributed by atoms with Crippen LogP contribution in [0, 0.1) is 18.8 Å². The Hall–Kier alpha value is -2.72. The number of amides is 2. The van der Waals surface area contributed by atoms with E-state index in [1.165, 1.54) is 20.1 Å². The highest BCUT2D eigenvalue weighted by Crippen LogP contribution is 2.37. The number of rotatable bonds is 4. The Kier molecular flexibility index (Phi) is 5.47. The summed E-state index contributed by atoms with van der Waals surface area (Å²) < 4.78 is 48.6. The fraction of sp³-hybridized carbons (Fsp3) is 0.533. The maximum atomic E-state index is 12.9. The zero-order valence-electron chi connectivity index (χ0n) is 13.9. The zero-order valence-corrected chi connectivity index (χ0v) is 13.9. The van der Waals surface area contributed by atoms with Crippen molar-refractivity contribution in [2.24, 2.45) is 11.8 Å². The highest BCUT2D eigenvalue weighted by Gasteiger charge is 2.53. The molecule has 2 atom stereocenters. The van der Waals surface area contributed by atoms with E-state index in [0.29, 0.717) is 0 Å². The molecule has 2 amide bonds. The van der Waals surface area contributed by atoms with Gasteiger partial charge in [0, 0.05) is 13.1 Å². The van der Waals surface area contributed by atoms with Crippen molar-refractivity contribution in [3.63, 3.8) is 0 Å². The van der Waals surface area contributed by atoms with Crippen LogP contribution >= 0.6 is 0 Å². The molecule has 0 spiro atoms. The Labute approximate surface area is 145 Å². The van der Waals surface area contributed by atoms with Crippen molar-refractivity contribution in [3.8, 4) is 0 Å². The molecule has 1 aliphatic rings. The predicted molar refractivity (Wildman–Crippen MR) is 79.3 cm³/mol. The summed E-state index contributed by atoms with van der Waals surface area (Å²) in [4.78, 5) is 35.4. The second kappa shape index (κ2) is 7.26. The molecule has 2 heterocycles. The van der Waals surface area contributed by atoms with Crippen LogP contribution < -0.4 is 5.32 Å². The minimum atomic E-state index is -4.72. The number of esters is 1. The molecule has 0 bridgehead atoms. The fourth-order valence-electron chi connectivity index (χ4n) is 2.77. The van der Waals surface area contributed by atoms with Gasteiger partial charge in [-0.3, -0.25) is 4.79 Å². The lowest BCUT2D eigenvalue weighted by Gasteiger charge is -2.18. The van der Waals surface area contributed by atoms with Gasteiger partial charge in [0.2, 0.25) is 0 Å². The number of methoxy groups -OCH3 is 1. The van der Waals surface area contributed by atoms with Gasteiger partial charge in [-0.1, -0.05) is 0 Å². The van der Waals surface area contributed by atoms with E-state index in [4.69, 9.17) is 9.52 Å². The van der Waals surface area contributed by atoms with Crippen molar-refractivity contribution in [3.05, 3.63) is 23.2 Å². The lowest BCUT2D eigenvalue weighted by atomic mass is 9.96. The minimum Gasteiger partial charge on any atom is -0.481 e. The lowest BCUT2D eigenvalue weighted by Crippen LogP contribution is -2.39. The summed E-state index contributed by atoms with van der Waals surface area (Å²) >= 11 is 0. The molecule has 0 aliphatic carbocycles. The number of hydrogen-bond donors (Lipinski definition) is 2. The third-order valence-electron chi connectivity index (χ3n) is 4.13. The van der Waals surface area contributed by atoms with Gasteiger partial charge in [-0.05, 0) is 13.0 Å². The van der Waals surface area contributed by atoms with Crippen LogP contribution in [-0.4, -0.2) is 54.4 Å². The van der Waals surface area contributed by atoms with Crippen LogP contribution in [-0.2, 0) is 16.1 Å². The lowest BCUT2D eigenvalue weighted by molar-refractivity contribution is -0.187. The summed E-state index contributed by atoms with van der Waals surface area (Å²) in [6, 6.07) is 0.501. The van der Waals surface area contributed by atoms with Crippen molar-refractivity contribution < 1.29 is 41.8 Å². The van der Waals surface area contributed by atoms with Crippen LogP contribution in [0.15, 0.2) is 10.5 Å². The molecule has 1 aliphatic heterocycles. The van der Waals surface area contributed by atoms with Crippen LogP contribution in [0.3, 0.4) is 0 Å². The number of carboxylic acid groups (broad SMARTS) is 1. The second-order valence-electron chi connectivity index (χ2n) is 5.83. The number of ether oxygens (including phenoxy) is 1. The summed E-state index contributed by atoms with van der Waals surface area (Å²) in [5, 5.41) is 11.3. The van der Waals surface area contributed by atoms with Crippen molar-refractivity contribution in [2.75, 3.05) is 20.2 Å². The molecule has 1 aromatic heterocycles. The number of nitrogens with zero attached hydrogens (tertiary/aromatic N) is 1. The molecule has 8 nitrogen and oxygen atoms in total. The van der Waals surface area contributed by atoms with Gasteiger partial charge in [0.25, 0.3) is 0 Å². The monoisotopic (exact) mass is 378 g/mol. The Balaban J connectivity index is 2.00. The Morgan fingerprint density at radius 2 is 2.04 bits per heavy atom. The highest BCUT2D eigenvalue weighted by molar-refractivity contribution is 5.90. The van der Waals surface area contributed by atoms with Crippen molar-refractivity contribution in [1.82, 2.24) is 10.2 Å². The van der Waals surface area contributed by atoms with E-state index in [0.717, 1.165) is 4.90 Å². The number of nitrogens with one attached hydrogen (secondary N) is 1. The number of carbonyl (C=O) groups excluding carboxylic acids is 2. The topological polar surface area (TPSA) is 109 Å². The Morgan fingerprint density at radius 1 is 1.38 bits per heavy atom. The first-order chi connectivity index (χ1) is 12.0.